The van der Waals surface area contributed by atoms with Crippen molar-refractivity contribution in [1.82, 2.24) is 4.57 Å². The maximum atomic E-state index is 6.73. The molecule has 1 aromatic heterocycles. The van der Waals surface area contributed by atoms with Crippen molar-refractivity contribution < 1.29 is 4.74 Å². The summed E-state index contributed by atoms with van der Waals surface area (Å²) < 4.78 is 9.05. The van der Waals surface area contributed by atoms with E-state index in [1.165, 1.54) is 75.8 Å². The lowest BCUT2D eigenvalue weighted by molar-refractivity contribution is 0.195. The van der Waals surface area contributed by atoms with E-state index < -0.39 is 0 Å². The van der Waals surface area contributed by atoms with Crippen molar-refractivity contribution in [3.63, 3.8) is 0 Å². The number of rotatable bonds is 0. The molecule has 3 aliphatic heterocycles. The molecule has 1 saturated carbocycles. The summed E-state index contributed by atoms with van der Waals surface area (Å²) >= 11 is 0. The van der Waals surface area contributed by atoms with Crippen molar-refractivity contribution in [3.8, 4) is 11.5 Å². The number of anilines is 5. The Bertz CT molecular complexity index is 1830. The second kappa shape index (κ2) is 6.31. The molecule has 1 aliphatic carbocycles. The van der Waals surface area contributed by atoms with E-state index >= 15 is 0 Å². The van der Waals surface area contributed by atoms with Gasteiger partial charge in [0, 0.05) is 28.8 Å². The molecule has 0 radical (unpaired) electrons. The molecule has 4 heteroatoms. The molecule has 182 valence electrons. The van der Waals surface area contributed by atoms with E-state index in [4.69, 9.17) is 4.74 Å². The van der Waals surface area contributed by atoms with Gasteiger partial charge in [0.05, 0.1) is 33.8 Å². The standard InChI is InChI=1S/C33H29N3O/c1-32-16-6-7-17-33(32,2)36-25-14-9-15-28-31(25)35(24-13-8-11-22(32)30(24)36)27-19-26-21(18-29(27)37-28)20-10-4-5-12-23(20)34(26)3/h4-5,8-15,18-19H,6-7,16-17H2,1-3H3. The molecule has 0 spiro atoms. The van der Waals surface area contributed by atoms with Crippen molar-refractivity contribution >= 4 is 50.2 Å². The third-order valence-corrected chi connectivity index (χ3v) is 10.2. The molecule has 9 rings (SSSR count). The maximum absolute atomic E-state index is 6.73. The highest BCUT2D eigenvalue weighted by Crippen LogP contribution is 2.69. The van der Waals surface area contributed by atoms with Crippen molar-refractivity contribution in [3.05, 3.63) is 78.4 Å². The van der Waals surface area contributed by atoms with Gasteiger partial charge in [0.15, 0.2) is 11.5 Å². The first-order valence-electron chi connectivity index (χ1n) is 13.6. The van der Waals surface area contributed by atoms with Crippen LogP contribution in [0.4, 0.5) is 28.4 Å². The summed E-state index contributed by atoms with van der Waals surface area (Å²) in [5.41, 5.74) is 10.4. The lowest BCUT2D eigenvalue weighted by Crippen LogP contribution is -2.55. The molecular weight excluding hydrogens is 454 g/mol. The highest BCUT2D eigenvalue weighted by atomic mass is 16.5. The molecule has 4 nitrogen and oxygen atoms in total. The predicted molar refractivity (Wildman–Crippen MR) is 152 cm³/mol. The average Bonchev–Trinajstić information content (AvgIpc) is 3.31. The first-order chi connectivity index (χ1) is 18.0. The monoisotopic (exact) mass is 483 g/mol. The normalized spacial score (nSPS) is 24.5. The fraction of sp³-hybridized carbons (Fsp3) is 0.273. The number of nitrogens with zero attached hydrogens (tertiary/aromatic N) is 3. The first-order valence-corrected chi connectivity index (χ1v) is 13.6. The van der Waals surface area contributed by atoms with Crippen LogP contribution in [-0.4, -0.2) is 10.1 Å². The van der Waals surface area contributed by atoms with Crippen LogP contribution >= 0.6 is 0 Å². The summed E-state index contributed by atoms with van der Waals surface area (Å²) in [6, 6.07) is 26.8. The topological polar surface area (TPSA) is 20.6 Å². The molecule has 0 N–H and O–H groups in total. The molecule has 2 atom stereocenters. The van der Waals surface area contributed by atoms with E-state index in [0.717, 1.165) is 17.2 Å². The van der Waals surface area contributed by atoms with Crippen LogP contribution in [-0.2, 0) is 12.5 Å². The number of aryl methyl sites for hydroxylation is 1. The van der Waals surface area contributed by atoms with E-state index in [1.54, 1.807) is 0 Å². The molecular formula is C33H29N3O. The fourth-order valence-corrected chi connectivity index (χ4v) is 8.22. The van der Waals surface area contributed by atoms with Gasteiger partial charge in [-0.05, 0) is 61.7 Å². The van der Waals surface area contributed by atoms with Crippen LogP contribution in [0.15, 0.2) is 72.8 Å². The van der Waals surface area contributed by atoms with Crippen LogP contribution in [0.3, 0.4) is 0 Å². The summed E-state index contributed by atoms with van der Waals surface area (Å²) in [5, 5.41) is 2.50. The molecule has 4 aromatic carbocycles. The van der Waals surface area contributed by atoms with Gasteiger partial charge in [0.2, 0.25) is 0 Å². The van der Waals surface area contributed by atoms with E-state index in [-0.39, 0.29) is 11.0 Å². The third-order valence-electron chi connectivity index (χ3n) is 10.2. The summed E-state index contributed by atoms with van der Waals surface area (Å²) in [4.78, 5) is 5.18. The average molecular weight is 484 g/mol. The highest BCUT2D eigenvalue weighted by Gasteiger charge is 2.60. The second-order valence-electron chi connectivity index (χ2n) is 11.8. The van der Waals surface area contributed by atoms with Gasteiger partial charge in [-0.2, -0.15) is 0 Å². The number of hydrogen-bond acceptors (Lipinski definition) is 3. The molecule has 5 aromatic rings. The minimum Gasteiger partial charge on any atom is -0.453 e. The number of hydrogen-bond donors (Lipinski definition) is 0. The number of fused-ring (bicyclic) bond motifs is 10. The second-order valence-corrected chi connectivity index (χ2v) is 11.8. The SMILES string of the molecule is Cn1c2ccccc2c2cc3c(cc21)N1c2cccc4c2N(c2cccc(c21)O3)C1(C)CCCCC41C. The Labute approximate surface area is 216 Å². The Balaban J connectivity index is 1.39. The zero-order valence-corrected chi connectivity index (χ0v) is 21.5. The minimum atomic E-state index is 0.0466. The van der Waals surface area contributed by atoms with Gasteiger partial charge in [0.1, 0.15) is 5.69 Å². The quantitative estimate of drug-likeness (QED) is 0.215. The number of para-hydroxylation sites is 3. The van der Waals surface area contributed by atoms with Gasteiger partial charge < -0.3 is 14.2 Å². The molecule has 2 unspecified atom stereocenters. The molecule has 0 saturated heterocycles. The van der Waals surface area contributed by atoms with Crippen LogP contribution < -0.4 is 14.5 Å². The molecule has 4 heterocycles. The predicted octanol–water partition coefficient (Wildman–Crippen LogP) is 8.96. The van der Waals surface area contributed by atoms with E-state index in [2.05, 4.69) is 108 Å². The summed E-state index contributed by atoms with van der Waals surface area (Å²) in [5.74, 6) is 1.86. The van der Waals surface area contributed by atoms with E-state index in [0.29, 0.717) is 0 Å². The third kappa shape index (κ3) is 2.12. The Morgan fingerprint density at radius 1 is 0.703 bits per heavy atom. The zero-order chi connectivity index (χ0) is 24.7. The summed E-state index contributed by atoms with van der Waals surface area (Å²) in [6.07, 6.45) is 5.01. The van der Waals surface area contributed by atoms with Gasteiger partial charge in [-0.3, -0.25) is 4.90 Å². The van der Waals surface area contributed by atoms with E-state index in [9.17, 15) is 0 Å². The molecule has 4 aliphatic rings. The zero-order valence-electron chi connectivity index (χ0n) is 21.5. The largest absolute Gasteiger partial charge is 0.453 e. The summed E-state index contributed by atoms with van der Waals surface area (Å²) in [7, 11) is 2.17. The van der Waals surface area contributed by atoms with Crippen LogP contribution in [0.25, 0.3) is 21.8 Å². The van der Waals surface area contributed by atoms with Crippen LogP contribution in [0.1, 0.15) is 45.1 Å². The van der Waals surface area contributed by atoms with Crippen molar-refractivity contribution in [1.29, 1.82) is 0 Å². The van der Waals surface area contributed by atoms with Gasteiger partial charge in [0.25, 0.3) is 0 Å². The van der Waals surface area contributed by atoms with Gasteiger partial charge in [-0.25, -0.2) is 0 Å². The minimum absolute atomic E-state index is 0.0466. The van der Waals surface area contributed by atoms with Crippen LogP contribution in [0.2, 0.25) is 0 Å². The van der Waals surface area contributed by atoms with E-state index in [1.807, 2.05) is 0 Å². The van der Waals surface area contributed by atoms with Gasteiger partial charge in [-0.1, -0.05) is 56.2 Å². The Morgan fingerprint density at radius 2 is 1.51 bits per heavy atom. The molecule has 37 heavy (non-hydrogen) atoms. The Morgan fingerprint density at radius 3 is 2.43 bits per heavy atom. The Kier molecular flexibility index (Phi) is 3.44. The first kappa shape index (κ1) is 20.2. The summed E-state index contributed by atoms with van der Waals surface area (Å²) in [6.45, 7) is 5.01. The van der Waals surface area contributed by atoms with Crippen molar-refractivity contribution in [2.45, 2.75) is 50.5 Å². The smallest absolute Gasteiger partial charge is 0.153 e. The molecule has 0 bridgehead atoms. The van der Waals surface area contributed by atoms with Crippen LogP contribution in [0.5, 0.6) is 11.5 Å². The maximum Gasteiger partial charge on any atom is 0.153 e. The lowest BCUT2D eigenvalue weighted by atomic mass is 9.61. The number of aromatic nitrogens is 1. The lowest BCUT2D eigenvalue weighted by Gasteiger charge is -2.52. The number of ether oxygens (including phenoxy) is 1. The molecule has 1 fully saturated rings. The Hall–Kier alpha value is -3.92. The van der Waals surface area contributed by atoms with Crippen molar-refractivity contribution in [2.75, 3.05) is 9.80 Å². The van der Waals surface area contributed by atoms with Gasteiger partial charge in [-0.15, -0.1) is 0 Å². The van der Waals surface area contributed by atoms with Crippen molar-refractivity contribution in [2.24, 2.45) is 7.05 Å². The number of benzene rings is 4. The van der Waals surface area contributed by atoms with Gasteiger partial charge >= 0.3 is 0 Å². The fourth-order valence-electron chi connectivity index (χ4n) is 8.22. The van der Waals surface area contributed by atoms with Crippen LogP contribution in [0, 0.1) is 0 Å². The highest BCUT2D eigenvalue weighted by molar-refractivity contribution is 6.12. The molecule has 0 amide bonds.